The smallest absolute Gasteiger partial charge is 0.333 e. The molecule has 0 radical (unpaired) electrons. The lowest BCUT2D eigenvalue weighted by atomic mass is 10.0. The maximum Gasteiger partial charge on any atom is 0.333 e. The van der Waals surface area contributed by atoms with Crippen molar-refractivity contribution in [1.29, 1.82) is 0 Å². The molecule has 2 heteroatoms. The van der Waals surface area contributed by atoms with Crippen LogP contribution in [0.5, 0.6) is 0 Å². The first-order valence-electron chi connectivity index (χ1n) is 16.5. The average Bonchev–Trinajstić information content (AvgIpc) is 2.89. The molecule has 0 aromatic rings. The average molecular weight is 507 g/mol. The van der Waals surface area contributed by atoms with Gasteiger partial charge in [0, 0.05) is 5.57 Å². The van der Waals surface area contributed by atoms with Crippen molar-refractivity contribution >= 4 is 5.97 Å². The van der Waals surface area contributed by atoms with Crippen molar-refractivity contribution in [3.8, 4) is 0 Å². The van der Waals surface area contributed by atoms with E-state index in [4.69, 9.17) is 4.74 Å². The first-order chi connectivity index (χ1) is 17.7. The van der Waals surface area contributed by atoms with E-state index in [0.29, 0.717) is 12.2 Å². The van der Waals surface area contributed by atoms with Gasteiger partial charge in [0.15, 0.2) is 0 Å². The molecule has 0 heterocycles. The van der Waals surface area contributed by atoms with Crippen molar-refractivity contribution in [3.05, 3.63) is 11.6 Å². The monoisotopic (exact) mass is 507 g/mol. The van der Waals surface area contributed by atoms with Crippen molar-refractivity contribution in [2.75, 3.05) is 6.61 Å². The predicted molar refractivity (Wildman–Crippen MR) is 161 cm³/mol. The van der Waals surface area contributed by atoms with Crippen molar-refractivity contribution in [1.82, 2.24) is 0 Å². The molecule has 0 fully saturated rings. The second-order valence-corrected chi connectivity index (χ2v) is 11.3. The van der Waals surface area contributed by atoms with Crippen LogP contribution in [0.25, 0.3) is 0 Å². The number of esters is 1. The van der Waals surface area contributed by atoms with Gasteiger partial charge in [-0.1, -0.05) is 180 Å². The Kier molecular flexibility index (Phi) is 29.8. The lowest BCUT2D eigenvalue weighted by Gasteiger charge is -2.05. The van der Waals surface area contributed by atoms with E-state index in [2.05, 4.69) is 6.92 Å². The van der Waals surface area contributed by atoms with Crippen LogP contribution in [0.15, 0.2) is 11.6 Å². The van der Waals surface area contributed by atoms with Gasteiger partial charge in [-0.15, -0.1) is 0 Å². The van der Waals surface area contributed by atoms with Crippen molar-refractivity contribution < 1.29 is 9.53 Å². The van der Waals surface area contributed by atoms with Crippen molar-refractivity contribution in [2.24, 2.45) is 0 Å². The third-order valence-corrected chi connectivity index (χ3v) is 7.74. The standard InChI is InChI=1S/C34H66O2/c1-4-6-7-8-9-10-11-12-13-14-15-16-17-18-19-20-21-22-23-24-25-26-27-28-29-30-31-32-36-34(35)33(3)5-2/h5H,4,6-32H2,1-3H3. The number of unbranched alkanes of at least 4 members (excludes halogenated alkanes) is 26. The molecule has 0 amide bonds. The lowest BCUT2D eigenvalue weighted by Crippen LogP contribution is -2.06. The minimum Gasteiger partial charge on any atom is -0.462 e. The van der Waals surface area contributed by atoms with Crippen LogP contribution in [0.1, 0.15) is 194 Å². The van der Waals surface area contributed by atoms with Gasteiger partial charge in [0.05, 0.1) is 6.61 Å². The molecule has 0 atom stereocenters. The van der Waals surface area contributed by atoms with E-state index in [1.807, 2.05) is 19.9 Å². The summed E-state index contributed by atoms with van der Waals surface area (Å²) in [5, 5.41) is 0. The molecule has 36 heavy (non-hydrogen) atoms. The fourth-order valence-electron chi connectivity index (χ4n) is 4.99. The Bertz CT molecular complexity index is 468. The van der Waals surface area contributed by atoms with Crippen LogP contribution in [-0.4, -0.2) is 12.6 Å². The number of ether oxygens (including phenoxy) is 1. The Labute approximate surface area is 227 Å². The molecule has 0 bridgehead atoms. The number of rotatable bonds is 29. The predicted octanol–water partition coefficient (Wildman–Crippen LogP) is 12.0. The van der Waals surface area contributed by atoms with Crippen LogP contribution in [0, 0.1) is 0 Å². The van der Waals surface area contributed by atoms with Crippen LogP contribution in [0.2, 0.25) is 0 Å². The first kappa shape index (κ1) is 35.2. The van der Waals surface area contributed by atoms with Crippen LogP contribution in [-0.2, 0) is 9.53 Å². The minimum atomic E-state index is -0.160. The van der Waals surface area contributed by atoms with E-state index in [9.17, 15) is 4.79 Å². The van der Waals surface area contributed by atoms with E-state index in [1.165, 1.54) is 167 Å². The lowest BCUT2D eigenvalue weighted by molar-refractivity contribution is -0.139. The van der Waals surface area contributed by atoms with Gasteiger partial charge in [-0.05, 0) is 20.3 Å². The zero-order valence-corrected chi connectivity index (χ0v) is 25.2. The molecular formula is C34H66O2. The van der Waals surface area contributed by atoms with Crippen LogP contribution >= 0.6 is 0 Å². The van der Waals surface area contributed by atoms with Gasteiger partial charge in [-0.3, -0.25) is 0 Å². The van der Waals surface area contributed by atoms with Crippen LogP contribution in [0.4, 0.5) is 0 Å². The summed E-state index contributed by atoms with van der Waals surface area (Å²) in [4.78, 5) is 11.5. The van der Waals surface area contributed by atoms with Crippen molar-refractivity contribution in [3.63, 3.8) is 0 Å². The minimum absolute atomic E-state index is 0.160. The van der Waals surface area contributed by atoms with Gasteiger partial charge < -0.3 is 4.74 Å². The van der Waals surface area contributed by atoms with Crippen molar-refractivity contribution in [2.45, 2.75) is 194 Å². The Balaban J connectivity index is 3.08. The summed E-state index contributed by atoms with van der Waals surface area (Å²) >= 11 is 0. The molecule has 0 rings (SSSR count). The molecular weight excluding hydrogens is 440 g/mol. The fourth-order valence-corrected chi connectivity index (χ4v) is 4.99. The summed E-state index contributed by atoms with van der Waals surface area (Å²) in [6, 6.07) is 0. The Morgan fingerprint density at radius 2 is 0.722 bits per heavy atom. The fraction of sp³-hybridized carbons (Fsp3) is 0.912. The first-order valence-corrected chi connectivity index (χ1v) is 16.5. The highest BCUT2D eigenvalue weighted by Gasteiger charge is 2.03. The van der Waals surface area contributed by atoms with Crippen LogP contribution < -0.4 is 0 Å². The SMILES string of the molecule is CC=C(C)C(=O)OCCCCCCCCCCCCCCCCCCCCCCCCCCCCC. The highest BCUT2D eigenvalue weighted by molar-refractivity contribution is 5.87. The molecule has 0 unspecified atom stereocenters. The highest BCUT2D eigenvalue weighted by atomic mass is 16.5. The molecule has 2 nitrogen and oxygen atoms in total. The number of carbonyl (C=O) groups excluding carboxylic acids is 1. The van der Waals surface area contributed by atoms with Gasteiger partial charge in [0.25, 0.3) is 0 Å². The van der Waals surface area contributed by atoms with Gasteiger partial charge >= 0.3 is 5.97 Å². The normalized spacial score (nSPS) is 11.8. The second kappa shape index (κ2) is 30.4. The highest BCUT2D eigenvalue weighted by Crippen LogP contribution is 2.16. The summed E-state index contributed by atoms with van der Waals surface area (Å²) in [6.45, 7) is 6.56. The van der Waals surface area contributed by atoms with E-state index < -0.39 is 0 Å². The molecule has 0 aromatic carbocycles. The summed E-state index contributed by atoms with van der Waals surface area (Å²) < 4.78 is 5.24. The zero-order valence-electron chi connectivity index (χ0n) is 25.2. The quantitative estimate of drug-likeness (QED) is 0.0572. The van der Waals surface area contributed by atoms with E-state index in [0.717, 1.165) is 6.42 Å². The number of hydrogen-bond donors (Lipinski definition) is 0. The number of carbonyl (C=O) groups is 1. The van der Waals surface area contributed by atoms with Crippen LogP contribution in [0.3, 0.4) is 0 Å². The summed E-state index contributed by atoms with van der Waals surface area (Å²) in [7, 11) is 0. The summed E-state index contributed by atoms with van der Waals surface area (Å²) in [5.41, 5.74) is 0.708. The van der Waals surface area contributed by atoms with Gasteiger partial charge in [-0.25, -0.2) is 4.79 Å². The molecule has 0 saturated heterocycles. The topological polar surface area (TPSA) is 26.3 Å². The number of hydrogen-bond acceptors (Lipinski definition) is 2. The third-order valence-electron chi connectivity index (χ3n) is 7.74. The third kappa shape index (κ3) is 27.8. The van der Waals surface area contributed by atoms with E-state index in [1.54, 1.807) is 0 Å². The molecule has 0 saturated carbocycles. The van der Waals surface area contributed by atoms with Gasteiger partial charge in [0.2, 0.25) is 0 Å². The maximum atomic E-state index is 11.5. The second-order valence-electron chi connectivity index (χ2n) is 11.3. The molecule has 0 aliphatic rings. The van der Waals surface area contributed by atoms with Gasteiger partial charge in [0.1, 0.15) is 0 Å². The molecule has 214 valence electrons. The Hall–Kier alpha value is -0.790. The van der Waals surface area contributed by atoms with Gasteiger partial charge in [-0.2, -0.15) is 0 Å². The maximum absolute atomic E-state index is 11.5. The van der Waals surface area contributed by atoms with E-state index >= 15 is 0 Å². The molecule has 0 aliphatic heterocycles. The largest absolute Gasteiger partial charge is 0.462 e. The Morgan fingerprint density at radius 3 is 0.972 bits per heavy atom. The molecule has 0 aliphatic carbocycles. The summed E-state index contributed by atoms with van der Waals surface area (Å²) in [5.74, 6) is -0.160. The molecule has 0 aromatic heterocycles. The molecule has 0 N–H and O–H groups in total. The van der Waals surface area contributed by atoms with E-state index in [-0.39, 0.29) is 5.97 Å². The molecule has 0 spiro atoms. The zero-order chi connectivity index (χ0) is 26.4. The Morgan fingerprint density at radius 1 is 0.472 bits per heavy atom. The summed E-state index contributed by atoms with van der Waals surface area (Å²) in [6.07, 6.45) is 40.0. The number of allylic oxidation sites excluding steroid dienone is 1.